The van der Waals surface area contributed by atoms with Gasteiger partial charge in [0.05, 0.1) is 0 Å². The SMILES string of the molecule is CCCN1CCC(N(C)S(=O)(=O)CC(=O)O)CC1. The monoisotopic (exact) mass is 278 g/mol. The smallest absolute Gasteiger partial charge is 0.320 e. The molecule has 0 aliphatic carbocycles. The fourth-order valence-corrected chi connectivity index (χ4v) is 3.49. The Morgan fingerprint density at radius 2 is 1.94 bits per heavy atom. The van der Waals surface area contributed by atoms with Crippen LogP contribution in [0.2, 0.25) is 0 Å². The molecule has 1 N–H and O–H groups in total. The van der Waals surface area contributed by atoms with E-state index in [0.717, 1.165) is 38.9 Å². The Labute approximate surface area is 109 Å². The van der Waals surface area contributed by atoms with Crippen LogP contribution in [0.5, 0.6) is 0 Å². The van der Waals surface area contributed by atoms with Crippen molar-refractivity contribution >= 4 is 16.0 Å². The van der Waals surface area contributed by atoms with Crippen LogP contribution in [-0.2, 0) is 14.8 Å². The maximum Gasteiger partial charge on any atom is 0.320 e. The first-order chi connectivity index (χ1) is 8.36. The van der Waals surface area contributed by atoms with Gasteiger partial charge in [-0.05, 0) is 38.9 Å². The molecule has 0 atom stereocenters. The summed E-state index contributed by atoms with van der Waals surface area (Å²) in [5.41, 5.74) is 0. The van der Waals surface area contributed by atoms with E-state index < -0.39 is 21.7 Å². The van der Waals surface area contributed by atoms with E-state index in [2.05, 4.69) is 11.8 Å². The number of hydrogen-bond acceptors (Lipinski definition) is 4. The minimum absolute atomic E-state index is 0.0672. The van der Waals surface area contributed by atoms with Crippen LogP contribution in [0, 0.1) is 0 Å². The normalized spacial score (nSPS) is 19.3. The fourth-order valence-electron chi connectivity index (χ4n) is 2.31. The summed E-state index contributed by atoms with van der Waals surface area (Å²) in [6.07, 6.45) is 2.64. The van der Waals surface area contributed by atoms with Crippen LogP contribution in [0.3, 0.4) is 0 Å². The summed E-state index contributed by atoms with van der Waals surface area (Å²) in [7, 11) is -2.19. The van der Waals surface area contributed by atoms with E-state index in [1.54, 1.807) is 0 Å². The first kappa shape index (κ1) is 15.4. The molecule has 1 aliphatic rings. The second-order valence-electron chi connectivity index (χ2n) is 4.74. The molecular weight excluding hydrogens is 256 g/mol. The number of sulfonamides is 1. The van der Waals surface area contributed by atoms with Gasteiger partial charge in [-0.1, -0.05) is 6.92 Å². The highest BCUT2D eigenvalue weighted by molar-refractivity contribution is 7.89. The summed E-state index contributed by atoms with van der Waals surface area (Å²) < 4.78 is 24.8. The first-order valence-corrected chi connectivity index (χ1v) is 7.87. The molecular formula is C11H22N2O4S. The molecule has 18 heavy (non-hydrogen) atoms. The molecule has 6 nitrogen and oxygen atoms in total. The summed E-state index contributed by atoms with van der Waals surface area (Å²) in [5, 5.41) is 8.59. The van der Waals surface area contributed by atoms with E-state index in [-0.39, 0.29) is 6.04 Å². The average Bonchev–Trinajstić information content (AvgIpc) is 2.28. The zero-order chi connectivity index (χ0) is 13.8. The maximum absolute atomic E-state index is 11.8. The number of rotatable bonds is 6. The highest BCUT2D eigenvalue weighted by Crippen LogP contribution is 2.18. The molecule has 1 heterocycles. The third-order valence-corrected chi connectivity index (χ3v) is 5.14. The Kier molecular flexibility index (Phi) is 5.55. The van der Waals surface area contributed by atoms with Crippen molar-refractivity contribution in [1.82, 2.24) is 9.21 Å². The molecule has 1 saturated heterocycles. The van der Waals surface area contributed by atoms with Crippen molar-refractivity contribution in [2.24, 2.45) is 0 Å². The van der Waals surface area contributed by atoms with E-state index in [1.165, 1.54) is 11.4 Å². The second kappa shape index (κ2) is 6.49. The molecule has 0 aromatic rings. The number of carboxylic acid groups (broad SMARTS) is 1. The number of hydrogen-bond donors (Lipinski definition) is 1. The van der Waals surface area contributed by atoms with Crippen molar-refractivity contribution in [2.75, 3.05) is 32.4 Å². The summed E-state index contributed by atoms with van der Waals surface area (Å²) in [5.74, 6) is -2.12. The lowest BCUT2D eigenvalue weighted by atomic mass is 10.1. The molecule has 1 fully saturated rings. The van der Waals surface area contributed by atoms with E-state index >= 15 is 0 Å². The van der Waals surface area contributed by atoms with Crippen LogP contribution in [0.1, 0.15) is 26.2 Å². The van der Waals surface area contributed by atoms with E-state index in [9.17, 15) is 13.2 Å². The van der Waals surface area contributed by atoms with Crippen molar-refractivity contribution in [3.8, 4) is 0 Å². The zero-order valence-electron chi connectivity index (χ0n) is 11.0. The number of nitrogens with zero attached hydrogens (tertiary/aromatic N) is 2. The van der Waals surface area contributed by atoms with Gasteiger partial charge in [0.2, 0.25) is 10.0 Å². The Hall–Kier alpha value is -0.660. The fraction of sp³-hybridized carbons (Fsp3) is 0.909. The van der Waals surface area contributed by atoms with Gasteiger partial charge in [0.15, 0.2) is 5.75 Å². The number of carbonyl (C=O) groups is 1. The van der Waals surface area contributed by atoms with Crippen molar-refractivity contribution < 1.29 is 18.3 Å². The maximum atomic E-state index is 11.8. The van der Waals surface area contributed by atoms with Crippen LogP contribution in [0.4, 0.5) is 0 Å². The molecule has 0 radical (unpaired) electrons. The minimum Gasteiger partial charge on any atom is -0.480 e. The Bertz CT molecular complexity index is 375. The molecule has 0 saturated carbocycles. The lowest BCUT2D eigenvalue weighted by molar-refractivity contribution is -0.134. The van der Waals surface area contributed by atoms with Gasteiger partial charge in [0, 0.05) is 13.1 Å². The van der Waals surface area contributed by atoms with Gasteiger partial charge in [-0.25, -0.2) is 12.7 Å². The van der Waals surface area contributed by atoms with Crippen LogP contribution < -0.4 is 0 Å². The Morgan fingerprint density at radius 1 is 1.39 bits per heavy atom. The third-order valence-electron chi connectivity index (χ3n) is 3.36. The molecule has 106 valence electrons. The standard InChI is InChI=1S/C11H22N2O4S/c1-3-6-13-7-4-10(5-8-13)12(2)18(16,17)9-11(14)15/h10H,3-9H2,1-2H3,(H,14,15). The van der Waals surface area contributed by atoms with Gasteiger partial charge in [-0.2, -0.15) is 0 Å². The van der Waals surface area contributed by atoms with Gasteiger partial charge >= 0.3 is 5.97 Å². The van der Waals surface area contributed by atoms with Crippen molar-refractivity contribution in [3.63, 3.8) is 0 Å². The molecule has 1 rings (SSSR count). The van der Waals surface area contributed by atoms with E-state index in [1.807, 2.05) is 0 Å². The Morgan fingerprint density at radius 3 is 2.39 bits per heavy atom. The largest absolute Gasteiger partial charge is 0.480 e. The molecule has 0 aromatic heterocycles. The van der Waals surface area contributed by atoms with Crippen molar-refractivity contribution in [2.45, 2.75) is 32.2 Å². The lowest BCUT2D eigenvalue weighted by Gasteiger charge is -2.35. The predicted octanol–water partition coefficient (Wildman–Crippen LogP) is 0.207. The minimum atomic E-state index is -3.67. The number of aliphatic carboxylic acids is 1. The van der Waals surface area contributed by atoms with Crippen LogP contribution in [0.15, 0.2) is 0 Å². The van der Waals surface area contributed by atoms with Gasteiger partial charge in [0.25, 0.3) is 0 Å². The molecule has 1 aliphatic heterocycles. The zero-order valence-corrected chi connectivity index (χ0v) is 11.8. The summed E-state index contributed by atoms with van der Waals surface area (Å²) >= 11 is 0. The van der Waals surface area contributed by atoms with Crippen LogP contribution in [0.25, 0.3) is 0 Å². The third kappa shape index (κ3) is 4.22. The van der Waals surface area contributed by atoms with Crippen molar-refractivity contribution in [3.05, 3.63) is 0 Å². The van der Waals surface area contributed by atoms with Gasteiger partial charge in [0.1, 0.15) is 0 Å². The average molecular weight is 278 g/mol. The molecule has 0 unspecified atom stereocenters. The predicted molar refractivity (Wildman–Crippen MR) is 68.9 cm³/mol. The number of piperidine rings is 1. The van der Waals surface area contributed by atoms with E-state index in [4.69, 9.17) is 5.11 Å². The quantitative estimate of drug-likeness (QED) is 0.751. The highest BCUT2D eigenvalue weighted by Gasteiger charge is 2.30. The summed E-state index contributed by atoms with van der Waals surface area (Å²) in [4.78, 5) is 12.8. The first-order valence-electron chi connectivity index (χ1n) is 6.26. The topological polar surface area (TPSA) is 77.9 Å². The number of likely N-dealkylation sites (tertiary alicyclic amines) is 1. The summed E-state index contributed by atoms with van der Waals surface area (Å²) in [6.45, 7) is 4.92. The lowest BCUT2D eigenvalue weighted by Crippen LogP contribution is -2.46. The summed E-state index contributed by atoms with van der Waals surface area (Å²) in [6, 6.07) is -0.0672. The Balaban J connectivity index is 2.54. The highest BCUT2D eigenvalue weighted by atomic mass is 32.2. The van der Waals surface area contributed by atoms with Gasteiger partial charge < -0.3 is 10.0 Å². The second-order valence-corrected chi connectivity index (χ2v) is 6.77. The van der Waals surface area contributed by atoms with Crippen LogP contribution >= 0.6 is 0 Å². The van der Waals surface area contributed by atoms with E-state index in [0.29, 0.717) is 0 Å². The van der Waals surface area contributed by atoms with Gasteiger partial charge in [-0.3, -0.25) is 4.79 Å². The molecule has 0 amide bonds. The van der Waals surface area contributed by atoms with Crippen LogP contribution in [-0.4, -0.2) is 67.2 Å². The number of carboxylic acids is 1. The molecule has 0 aromatic carbocycles. The van der Waals surface area contributed by atoms with Crippen molar-refractivity contribution in [1.29, 1.82) is 0 Å². The van der Waals surface area contributed by atoms with Gasteiger partial charge in [-0.15, -0.1) is 0 Å². The molecule has 0 bridgehead atoms. The molecule has 0 spiro atoms. The molecule has 7 heteroatoms.